The van der Waals surface area contributed by atoms with E-state index >= 15 is 0 Å². The largest absolute Gasteiger partial charge is 0.206 e. The lowest BCUT2D eigenvalue weighted by atomic mass is 9.78. The second-order valence-electron chi connectivity index (χ2n) is 9.57. The van der Waals surface area contributed by atoms with Gasteiger partial charge in [-0.3, -0.25) is 0 Å². The number of fused-ring (bicyclic) bond motifs is 1. The Kier molecular flexibility index (Phi) is 7.79. The van der Waals surface area contributed by atoms with Crippen molar-refractivity contribution in [3.63, 3.8) is 0 Å². The van der Waals surface area contributed by atoms with E-state index in [1.54, 1.807) is 0 Å². The second kappa shape index (κ2) is 10.9. The molecule has 0 amide bonds. The predicted octanol–water partition coefficient (Wildman–Crippen LogP) is 8.96. The normalized spacial score (nSPS) is 19.1. The van der Waals surface area contributed by atoms with Crippen molar-refractivity contribution in [3.8, 4) is 0 Å². The third-order valence-electron chi connectivity index (χ3n) is 7.49. The first-order valence-corrected chi connectivity index (χ1v) is 12.6. The van der Waals surface area contributed by atoms with Crippen LogP contribution in [0.1, 0.15) is 80.5 Å². The molecule has 0 bridgehead atoms. The molecule has 0 heterocycles. The summed E-state index contributed by atoms with van der Waals surface area (Å²) in [7, 11) is 0. The number of hydrogen-bond donors (Lipinski definition) is 0. The minimum atomic E-state index is -0.0536. The summed E-state index contributed by atoms with van der Waals surface area (Å²) in [6, 6.07) is 19.6. The van der Waals surface area contributed by atoms with Gasteiger partial charge in [-0.15, -0.1) is 0 Å². The molecule has 1 fully saturated rings. The first kappa shape index (κ1) is 22.8. The van der Waals surface area contributed by atoms with Crippen LogP contribution in [0.3, 0.4) is 0 Å². The van der Waals surface area contributed by atoms with E-state index in [0.29, 0.717) is 0 Å². The van der Waals surface area contributed by atoms with Gasteiger partial charge in [0.15, 0.2) is 0 Å². The highest BCUT2D eigenvalue weighted by atomic mass is 19.1. The molecule has 3 aromatic rings. The SMILES string of the molecule is C/C=C/CCc1ccc2cc(CCc3ccc(C4CCC(CC)CC4)cc3)ccc2c1F. The van der Waals surface area contributed by atoms with Crippen molar-refractivity contribution in [3.05, 3.63) is 94.8 Å². The maximum Gasteiger partial charge on any atom is 0.134 e. The molecule has 0 atom stereocenters. The van der Waals surface area contributed by atoms with Gasteiger partial charge < -0.3 is 0 Å². The maximum atomic E-state index is 14.9. The monoisotopic (exact) mass is 428 g/mol. The third-order valence-corrected chi connectivity index (χ3v) is 7.49. The highest BCUT2D eigenvalue weighted by Gasteiger charge is 2.21. The number of aryl methyl sites for hydroxylation is 3. The zero-order valence-corrected chi connectivity index (χ0v) is 19.7. The van der Waals surface area contributed by atoms with E-state index in [2.05, 4.69) is 55.5 Å². The zero-order chi connectivity index (χ0) is 22.3. The molecule has 1 aliphatic carbocycles. The number of benzene rings is 3. The van der Waals surface area contributed by atoms with Gasteiger partial charge in [-0.05, 0) is 97.8 Å². The van der Waals surface area contributed by atoms with Crippen LogP contribution in [-0.4, -0.2) is 0 Å². The number of rotatable bonds is 8. The van der Waals surface area contributed by atoms with Crippen molar-refractivity contribution in [2.45, 2.75) is 77.6 Å². The number of hydrogen-bond acceptors (Lipinski definition) is 0. The molecule has 3 aromatic carbocycles. The molecular weight excluding hydrogens is 391 g/mol. The summed E-state index contributed by atoms with van der Waals surface area (Å²) >= 11 is 0. The summed E-state index contributed by atoms with van der Waals surface area (Å²) in [4.78, 5) is 0. The lowest BCUT2D eigenvalue weighted by Gasteiger charge is -2.28. The molecular formula is C31H37F. The molecule has 0 aliphatic heterocycles. The van der Waals surface area contributed by atoms with Crippen LogP contribution in [0, 0.1) is 11.7 Å². The molecule has 0 aromatic heterocycles. The minimum Gasteiger partial charge on any atom is -0.206 e. The Morgan fingerprint density at radius 2 is 1.56 bits per heavy atom. The predicted molar refractivity (Wildman–Crippen MR) is 136 cm³/mol. The molecule has 1 heteroatoms. The van der Waals surface area contributed by atoms with Gasteiger partial charge in [-0.25, -0.2) is 4.39 Å². The molecule has 0 unspecified atom stereocenters. The minimum absolute atomic E-state index is 0.0536. The van der Waals surface area contributed by atoms with Crippen molar-refractivity contribution in [2.75, 3.05) is 0 Å². The van der Waals surface area contributed by atoms with Crippen molar-refractivity contribution in [2.24, 2.45) is 5.92 Å². The summed E-state index contributed by atoms with van der Waals surface area (Å²) in [5.74, 6) is 1.65. The average Bonchev–Trinajstić information content (AvgIpc) is 2.84. The van der Waals surface area contributed by atoms with E-state index in [0.717, 1.165) is 53.9 Å². The van der Waals surface area contributed by atoms with Gasteiger partial charge in [0.05, 0.1) is 0 Å². The summed E-state index contributed by atoms with van der Waals surface area (Å²) in [6.45, 7) is 4.33. The third kappa shape index (κ3) is 5.49. The van der Waals surface area contributed by atoms with Crippen molar-refractivity contribution >= 4 is 10.8 Å². The smallest absolute Gasteiger partial charge is 0.134 e. The van der Waals surface area contributed by atoms with Crippen molar-refractivity contribution in [1.82, 2.24) is 0 Å². The summed E-state index contributed by atoms with van der Waals surface area (Å²) in [5, 5.41) is 1.75. The van der Waals surface area contributed by atoms with Gasteiger partial charge in [0.1, 0.15) is 5.82 Å². The highest BCUT2D eigenvalue weighted by Crippen LogP contribution is 2.37. The van der Waals surface area contributed by atoms with Crippen molar-refractivity contribution < 1.29 is 4.39 Å². The first-order chi connectivity index (χ1) is 15.7. The molecule has 168 valence electrons. The quantitative estimate of drug-likeness (QED) is 0.314. The lowest BCUT2D eigenvalue weighted by molar-refractivity contribution is 0.319. The van der Waals surface area contributed by atoms with Gasteiger partial charge in [-0.1, -0.05) is 80.1 Å². The van der Waals surface area contributed by atoms with Gasteiger partial charge in [0.25, 0.3) is 0 Å². The topological polar surface area (TPSA) is 0 Å². The fourth-order valence-corrected chi connectivity index (χ4v) is 5.29. The number of halogens is 1. The van der Waals surface area contributed by atoms with Crippen LogP contribution in [0.4, 0.5) is 4.39 Å². The van der Waals surface area contributed by atoms with Crippen LogP contribution < -0.4 is 0 Å². The standard InChI is InChI=1S/C31H37F/c1-3-5-6-7-28-19-20-29-22-25(14-21-30(29)31(28)32)9-8-24-12-17-27(18-13-24)26-15-10-23(4-2)11-16-26/h3,5,12-14,17-23,26H,4,6-11,15-16H2,1-2H3/b5-3+. The molecule has 0 saturated heterocycles. The average molecular weight is 429 g/mol. The molecule has 0 N–H and O–H groups in total. The van der Waals surface area contributed by atoms with Crippen molar-refractivity contribution in [1.29, 1.82) is 0 Å². The van der Waals surface area contributed by atoms with E-state index in [4.69, 9.17) is 0 Å². The Morgan fingerprint density at radius 1 is 0.844 bits per heavy atom. The van der Waals surface area contributed by atoms with Crippen LogP contribution in [0.5, 0.6) is 0 Å². The summed E-state index contributed by atoms with van der Waals surface area (Å²) in [5.41, 5.74) is 5.00. The fourth-order valence-electron chi connectivity index (χ4n) is 5.29. The molecule has 4 rings (SSSR count). The second-order valence-corrected chi connectivity index (χ2v) is 9.57. The van der Waals surface area contributed by atoms with Gasteiger partial charge in [0, 0.05) is 5.39 Å². The first-order valence-electron chi connectivity index (χ1n) is 12.6. The van der Waals surface area contributed by atoms with Crippen LogP contribution in [-0.2, 0) is 19.3 Å². The Hall–Kier alpha value is -2.41. The van der Waals surface area contributed by atoms with Crippen LogP contribution in [0.25, 0.3) is 10.8 Å². The van der Waals surface area contributed by atoms with E-state index in [9.17, 15) is 4.39 Å². The van der Waals surface area contributed by atoms with Gasteiger partial charge in [0.2, 0.25) is 0 Å². The Labute approximate surface area is 193 Å². The van der Waals surface area contributed by atoms with E-state index in [1.807, 2.05) is 25.1 Å². The van der Waals surface area contributed by atoms with Crippen LogP contribution >= 0.6 is 0 Å². The number of allylic oxidation sites excluding steroid dienone is 2. The Bertz CT molecular complexity index is 1040. The lowest BCUT2D eigenvalue weighted by Crippen LogP contribution is -2.12. The van der Waals surface area contributed by atoms with E-state index < -0.39 is 0 Å². The molecule has 0 radical (unpaired) electrons. The van der Waals surface area contributed by atoms with Crippen LogP contribution in [0.15, 0.2) is 66.7 Å². The van der Waals surface area contributed by atoms with Crippen LogP contribution in [0.2, 0.25) is 0 Å². The van der Waals surface area contributed by atoms with Gasteiger partial charge >= 0.3 is 0 Å². The molecule has 1 aliphatic rings. The van der Waals surface area contributed by atoms with E-state index in [1.165, 1.54) is 48.8 Å². The maximum absolute atomic E-state index is 14.9. The zero-order valence-electron chi connectivity index (χ0n) is 19.7. The Morgan fingerprint density at radius 3 is 2.28 bits per heavy atom. The molecule has 0 nitrogen and oxygen atoms in total. The fraction of sp³-hybridized carbons (Fsp3) is 0.419. The molecule has 1 saturated carbocycles. The molecule has 32 heavy (non-hydrogen) atoms. The van der Waals surface area contributed by atoms with Gasteiger partial charge in [-0.2, -0.15) is 0 Å². The highest BCUT2D eigenvalue weighted by molar-refractivity contribution is 5.84. The molecule has 0 spiro atoms. The van der Waals surface area contributed by atoms with E-state index in [-0.39, 0.29) is 5.82 Å². The summed E-state index contributed by atoms with van der Waals surface area (Å²) in [6.07, 6.45) is 14.6. The Balaban J connectivity index is 1.37. The summed E-state index contributed by atoms with van der Waals surface area (Å²) < 4.78 is 14.9.